The van der Waals surface area contributed by atoms with Crippen LogP contribution in [0.3, 0.4) is 0 Å². The molecule has 160 valence electrons. The molecule has 0 saturated heterocycles. The van der Waals surface area contributed by atoms with Gasteiger partial charge in [0.2, 0.25) is 11.1 Å². The van der Waals surface area contributed by atoms with Gasteiger partial charge in [-0.15, -0.1) is 16.4 Å². The third kappa shape index (κ3) is 5.70. The number of furan rings is 1. The van der Waals surface area contributed by atoms with Crippen LogP contribution in [-0.4, -0.2) is 44.4 Å². The van der Waals surface area contributed by atoms with E-state index in [9.17, 15) is 9.59 Å². The Balaban J connectivity index is 1.65. The molecule has 0 saturated carbocycles. The van der Waals surface area contributed by atoms with Gasteiger partial charge in [0, 0.05) is 0 Å². The van der Waals surface area contributed by atoms with Crippen molar-refractivity contribution in [1.29, 1.82) is 0 Å². The van der Waals surface area contributed by atoms with E-state index in [2.05, 4.69) is 34.7 Å². The van der Waals surface area contributed by atoms with Gasteiger partial charge in [0.25, 0.3) is 0 Å². The fraction of sp³-hybridized carbons (Fsp3) is 0.421. The zero-order valence-electron chi connectivity index (χ0n) is 17.0. The van der Waals surface area contributed by atoms with Crippen molar-refractivity contribution in [2.75, 3.05) is 17.7 Å². The van der Waals surface area contributed by atoms with E-state index in [4.69, 9.17) is 9.15 Å². The second-order valence-electron chi connectivity index (χ2n) is 6.82. The van der Waals surface area contributed by atoms with Crippen molar-refractivity contribution >= 4 is 40.0 Å². The minimum Gasteiger partial charge on any atom is -0.467 e. The lowest BCUT2D eigenvalue weighted by molar-refractivity contribution is -0.113. The van der Waals surface area contributed by atoms with Crippen LogP contribution >= 0.6 is 23.1 Å². The second kappa shape index (κ2) is 10.4. The van der Waals surface area contributed by atoms with Gasteiger partial charge < -0.3 is 14.5 Å². The Hall–Kier alpha value is -2.66. The van der Waals surface area contributed by atoms with Crippen LogP contribution in [0.4, 0.5) is 5.00 Å². The average Bonchev–Trinajstić information content (AvgIpc) is 3.43. The standard InChI is InChI=1S/C19H23N5O4S2/c1-4-27-18(26)16-13(8-12(2)3)10-29-17(16)20-15(25)11-30-19-21-22-23-24(19)9-14-6-5-7-28-14/h5-7,10,12H,4,8-9,11H2,1-3H3,(H,20,25). The van der Waals surface area contributed by atoms with Crippen LogP contribution in [-0.2, 0) is 22.5 Å². The molecule has 0 aliphatic heterocycles. The summed E-state index contributed by atoms with van der Waals surface area (Å²) in [6.45, 7) is 6.56. The highest BCUT2D eigenvalue weighted by molar-refractivity contribution is 7.99. The van der Waals surface area contributed by atoms with E-state index in [1.807, 2.05) is 11.4 Å². The fourth-order valence-electron chi connectivity index (χ4n) is 2.74. The van der Waals surface area contributed by atoms with E-state index >= 15 is 0 Å². The summed E-state index contributed by atoms with van der Waals surface area (Å²) >= 11 is 2.54. The molecule has 0 fully saturated rings. The minimum atomic E-state index is -0.417. The Morgan fingerprint density at radius 3 is 2.93 bits per heavy atom. The highest BCUT2D eigenvalue weighted by Crippen LogP contribution is 2.31. The molecule has 1 amide bonds. The molecule has 0 aliphatic rings. The van der Waals surface area contributed by atoms with Gasteiger partial charge in [-0.2, -0.15) is 0 Å². The molecule has 9 nitrogen and oxygen atoms in total. The number of ether oxygens (including phenoxy) is 1. The van der Waals surface area contributed by atoms with Gasteiger partial charge in [-0.3, -0.25) is 4.79 Å². The Morgan fingerprint density at radius 2 is 2.23 bits per heavy atom. The first-order chi connectivity index (χ1) is 14.5. The van der Waals surface area contributed by atoms with Crippen molar-refractivity contribution in [3.05, 3.63) is 40.7 Å². The van der Waals surface area contributed by atoms with Crippen LogP contribution in [0.25, 0.3) is 0 Å². The predicted octanol–water partition coefficient (Wildman–Crippen LogP) is 3.48. The number of anilines is 1. The maximum Gasteiger partial charge on any atom is 0.341 e. The smallest absolute Gasteiger partial charge is 0.341 e. The lowest BCUT2D eigenvalue weighted by Gasteiger charge is -2.09. The first-order valence-electron chi connectivity index (χ1n) is 9.46. The highest BCUT2D eigenvalue weighted by atomic mass is 32.2. The van der Waals surface area contributed by atoms with E-state index in [0.717, 1.165) is 12.0 Å². The molecule has 0 spiro atoms. The van der Waals surface area contributed by atoms with E-state index in [1.165, 1.54) is 23.1 Å². The number of nitrogens with zero attached hydrogens (tertiary/aromatic N) is 4. The van der Waals surface area contributed by atoms with Crippen molar-refractivity contribution in [3.63, 3.8) is 0 Å². The van der Waals surface area contributed by atoms with Crippen molar-refractivity contribution in [1.82, 2.24) is 20.2 Å². The largest absolute Gasteiger partial charge is 0.467 e. The van der Waals surface area contributed by atoms with Crippen LogP contribution in [0.1, 0.15) is 42.5 Å². The van der Waals surface area contributed by atoms with Gasteiger partial charge in [0.05, 0.1) is 24.2 Å². The number of carbonyl (C=O) groups excluding carboxylic acids is 2. The van der Waals surface area contributed by atoms with Crippen molar-refractivity contribution in [2.24, 2.45) is 5.92 Å². The SMILES string of the molecule is CCOC(=O)c1c(CC(C)C)csc1NC(=O)CSc1nnnn1Cc1ccco1. The molecule has 3 aromatic rings. The molecule has 0 bridgehead atoms. The van der Waals surface area contributed by atoms with E-state index in [1.54, 1.807) is 23.9 Å². The maximum atomic E-state index is 12.5. The van der Waals surface area contributed by atoms with Crippen molar-refractivity contribution in [3.8, 4) is 0 Å². The Morgan fingerprint density at radius 1 is 1.40 bits per heavy atom. The van der Waals surface area contributed by atoms with Crippen molar-refractivity contribution < 1.29 is 18.7 Å². The molecule has 0 radical (unpaired) electrons. The number of nitrogens with one attached hydrogen (secondary N) is 1. The molecule has 0 atom stereocenters. The summed E-state index contributed by atoms with van der Waals surface area (Å²) in [6.07, 6.45) is 2.31. The number of amides is 1. The lowest BCUT2D eigenvalue weighted by atomic mass is 10.0. The maximum absolute atomic E-state index is 12.5. The van der Waals surface area contributed by atoms with Crippen LogP contribution < -0.4 is 5.32 Å². The lowest BCUT2D eigenvalue weighted by Crippen LogP contribution is -2.17. The molecule has 0 aromatic carbocycles. The predicted molar refractivity (Wildman–Crippen MR) is 114 cm³/mol. The number of aromatic nitrogens is 4. The normalized spacial score (nSPS) is 11.1. The quantitative estimate of drug-likeness (QED) is 0.370. The molecule has 30 heavy (non-hydrogen) atoms. The van der Waals surface area contributed by atoms with Gasteiger partial charge in [-0.25, -0.2) is 9.48 Å². The molecule has 3 heterocycles. The molecule has 1 N–H and O–H groups in total. The van der Waals surface area contributed by atoms with E-state index in [0.29, 0.717) is 33.9 Å². The van der Waals surface area contributed by atoms with E-state index < -0.39 is 5.97 Å². The topological polar surface area (TPSA) is 112 Å². The average molecular weight is 450 g/mol. The number of esters is 1. The number of thiophene rings is 1. The number of hydrogen-bond donors (Lipinski definition) is 1. The summed E-state index contributed by atoms with van der Waals surface area (Å²) in [5, 5.41) is 17.3. The zero-order chi connectivity index (χ0) is 21.5. The van der Waals surface area contributed by atoms with E-state index in [-0.39, 0.29) is 18.3 Å². The van der Waals surface area contributed by atoms with Gasteiger partial charge in [0.15, 0.2) is 0 Å². The Kier molecular flexibility index (Phi) is 7.63. The second-order valence-corrected chi connectivity index (χ2v) is 8.64. The molecular formula is C19H23N5O4S2. The first kappa shape index (κ1) is 22.0. The minimum absolute atomic E-state index is 0.0954. The van der Waals surface area contributed by atoms with Gasteiger partial charge in [-0.1, -0.05) is 25.6 Å². The zero-order valence-corrected chi connectivity index (χ0v) is 18.6. The summed E-state index contributed by atoms with van der Waals surface area (Å²) in [5.74, 6) is 0.512. The molecule has 0 aliphatic carbocycles. The van der Waals surface area contributed by atoms with Crippen LogP contribution in [0.5, 0.6) is 0 Å². The van der Waals surface area contributed by atoms with Crippen LogP contribution in [0, 0.1) is 5.92 Å². The van der Waals surface area contributed by atoms with Crippen LogP contribution in [0.2, 0.25) is 0 Å². The fourth-order valence-corrected chi connectivity index (χ4v) is 4.40. The number of hydrogen-bond acceptors (Lipinski definition) is 9. The molecule has 3 aromatic heterocycles. The summed E-state index contributed by atoms with van der Waals surface area (Å²) in [7, 11) is 0. The number of rotatable bonds is 10. The highest BCUT2D eigenvalue weighted by Gasteiger charge is 2.22. The Labute approximate surface area is 182 Å². The van der Waals surface area contributed by atoms with Crippen molar-refractivity contribution in [2.45, 2.75) is 38.9 Å². The van der Waals surface area contributed by atoms with Crippen LogP contribution in [0.15, 0.2) is 33.3 Å². The van der Waals surface area contributed by atoms with Gasteiger partial charge in [-0.05, 0) is 52.8 Å². The summed E-state index contributed by atoms with van der Waals surface area (Å²) < 4.78 is 12.1. The Bertz CT molecular complexity index is 981. The number of thioether (sulfide) groups is 1. The summed E-state index contributed by atoms with van der Waals surface area (Å²) in [5.41, 5.74) is 1.33. The third-order valence-electron chi connectivity index (χ3n) is 3.94. The molecule has 0 unspecified atom stereocenters. The third-order valence-corrected chi connectivity index (χ3v) is 5.85. The summed E-state index contributed by atoms with van der Waals surface area (Å²) in [4.78, 5) is 25.0. The number of carbonyl (C=O) groups is 2. The summed E-state index contributed by atoms with van der Waals surface area (Å²) in [6, 6.07) is 3.61. The number of tetrazole rings is 1. The molecular weight excluding hydrogens is 426 g/mol. The monoisotopic (exact) mass is 449 g/mol. The van der Waals surface area contributed by atoms with Gasteiger partial charge >= 0.3 is 5.97 Å². The molecule has 3 rings (SSSR count). The first-order valence-corrected chi connectivity index (χ1v) is 11.3. The van der Waals surface area contributed by atoms with Gasteiger partial charge in [0.1, 0.15) is 17.3 Å². The molecule has 11 heteroatoms.